The standard InChI is InChI=1S/C25H30N4O2S2/c1-6-27(7-2)18-12-10-17(11-13-18)26-25-29(9-4)23(30)22(33-25)24-28(8-3)20-16-19(31-5)14-15-21(20)32-24/h10-16H,6-9H2,1-5H3. The van der Waals surface area contributed by atoms with E-state index in [9.17, 15) is 4.79 Å². The number of amidine groups is 1. The summed E-state index contributed by atoms with van der Waals surface area (Å²) in [5, 5.41) is 1.70. The first kappa shape index (κ1) is 23.6. The molecule has 6 nitrogen and oxygen atoms in total. The van der Waals surface area contributed by atoms with E-state index >= 15 is 0 Å². The topological polar surface area (TPSA) is 48.4 Å². The molecular weight excluding hydrogens is 452 g/mol. The van der Waals surface area contributed by atoms with E-state index in [1.165, 1.54) is 17.4 Å². The van der Waals surface area contributed by atoms with Gasteiger partial charge in [-0.1, -0.05) is 11.8 Å². The summed E-state index contributed by atoms with van der Waals surface area (Å²) in [6, 6.07) is 14.3. The van der Waals surface area contributed by atoms with Gasteiger partial charge in [0.15, 0.2) is 5.17 Å². The number of aliphatic imine (C=N–C) groups is 1. The molecule has 8 heteroatoms. The Morgan fingerprint density at radius 2 is 1.64 bits per heavy atom. The maximum absolute atomic E-state index is 13.4. The number of methoxy groups -OCH3 is 1. The van der Waals surface area contributed by atoms with Crippen LogP contribution in [0.4, 0.5) is 17.1 Å². The van der Waals surface area contributed by atoms with Crippen molar-refractivity contribution in [2.24, 2.45) is 4.99 Å². The zero-order valence-corrected chi connectivity index (χ0v) is 21.4. The Bertz CT molecular complexity index is 1090. The van der Waals surface area contributed by atoms with Crippen LogP contribution in [0.25, 0.3) is 0 Å². The first-order valence-corrected chi connectivity index (χ1v) is 13.0. The van der Waals surface area contributed by atoms with Crippen molar-refractivity contribution >= 4 is 51.7 Å². The Morgan fingerprint density at radius 3 is 2.24 bits per heavy atom. The molecule has 0 aromatic heterocycles. The molecule has 1 fully saturated rings. The van der Waals surface area contributed by atoms with Crippen LogP contribution in [0, 0.1) is 0 Å². The number of ether oxygens (including phenoxy) is 1. The maximum Gasteiger partial charge on any atom is 0.269 e. The SMILES string of the molecule is CCN1C(=O)C(=C2Sc3ccc(OC)cc3N2CC)SC1=Nc1ccc(N(CC)CC)cc1. The van der Waals surface area contributed by atoms with Gasteiger partial charge in [-0.2, -0.15) is 0 Å². The number of carbonyl (C=O) groups excluding carboxylic acids is 1. The highest BCUT2D eigenvalue weighted by molar-refractivity contribution is 8.19. The molecule has 0 atom stereocenters. The number of amides is 1. The van der Waals surface area contributed by atoms with Crippen LogP contribution in [0.15, 0.2) is 62.3 Å². The molecule has 0 N–H and O–H groups in total. The Labute approximate surface area is 204 Å². The fourth-order valence-corrected chi connectivity index (χ4v) is 6.44. The van der Waals surface area contributed by atoms with Gasteiger partial charge in [-0.05, 0) is 75.9 Å². The van der Waals surface area contributed by atoms with Crippen molar-refractivity contribution in [1.29, 1.82) is 0 Å². The summed E-state index contributed by atoms with van der Waals surface area (Å²) >= 11 is 3.11. The third-order valence-corrected chi connectivity index (χ3v) is 8.18. The van der Waals surface area contributed by atoms with Gasteiger partial charge < -0.3 is 14.5 Å². The van der Waals surface area contributed by atoms with Gasteiger partial charge in [0.25, 0.3) is 5.91 Å². The molecule has 2 aliphatic heterocycles. The molecule has 174 valence electrons. The summed E-state index contributed by atoms with van der Waals surface area (Å²) in [6.45, 7) is 11.7. The van der Waals surface area contributed by atoms with E-state index in [1.807, 2.05) is 31.2 Å². The van der Waals surface area contributed by atoms with E-state index in [0.717, 1.165) is 56.8 Å². The highest BCUT2D eigenvalue weighted by Gasteiger charge is 2.39. The highest BCUT2D eigenvalue weighted by atomic mass is 32.2. The minimum absolute atomic E-state index is 0.0155. The number of nitrogens with zero attached hydrogens (tertiary/aromatic N) is 4. The number of anilines is 2. The molecule has 2 aliphatic rings. The molecule has 1 saturated heterocycles. The number of rotatable bonds is 7. The van der Waals surface area contributed by atoms with Gasteiger partial charge in [-0.3, -0.25) is 9.69 Å². The van der Waals surface area contributed by atoms with Crippen LogP contribution in [-0.4, -0.2) is 49.3 Å². The first-order chi connectivity index (χ1) is 16.0. The van der Waals surface area contributed by atoms with Gasteiger partial charge in [0.05, 0.1) is 18.5 Å². The molecule has 0 bridgehead atoms. The first-order valence-electron chi connectivity index (χ1n) is 11.4. The van der Waals surface area contributed by atoms with E-state index < -0.39 is 0 Å². The summed E-state index contributed by atoms with van der Waals surface area (Å²) in [4.78, 5) is 26.3. The average molecular weight is 483 g/mol. The molecule has 0 spiro atoms. The second kappa shape index (κ2) is 10.1. The minimum Gasteiger partial charge on any atom is -0.497 e. The van der Waals surface area contributed by atoms with Crippen molar-refractivity contribution in [3.63, 3.8) is 0 Å². The Hall–Kier alpha value is -2.58. The van der Waals surface area contributed by atoms with Gasteiger partial charge >= 0.3 is 0 Å². The molecule has 0 radical (unpaired) electrons. The van der Waals surface area contributed by atoms with Crippen LogP contribution in [0.3, 0.4) is 0 Å². The fourth-order valence-electron chi connectivity index (χ4n) is 4.01. The second-order valence-corrected chi connectivity index (χ2v) is 9.56. The summed E-state index contributed by atoms with van der Waals surface area (Å²) in [5.41, 5.74) is 3.12. The largest absolute Gasteiger partial charge is 0.497 e. The summed E-state index contributed by atoms with van der Waals surface area (Å²) in [7, 11) is 1.67. The Kier molecular flexibility index (Phi) is 7.24. The van der Waals surface area contributed by atoms with Gasteiger partial charge in [-0.25, -0.2) is 4.99 Å². The number of likely N-dealkylation sites (N-methyl/N-ethyl adjacent to an activating group) is 1. The minimum atomic E-state index is 0.0155. The van der Waals surface area contributed by atoms with E-state index in [4.69, 9.17) is 9.73 Å². The Morgan fingerprint density at radius 1 is 0.939 bits per heavy atom. The zero-order chi connectivity index (χ0) is 23.5. The molecule has 1 amide bonds. The lowest BCUT2D eigenvalue weighted by Crippen LogP contribution is -2.29. The molecule has 2 heterocycles. The van der Waals surface area contributed by atoms with Crippen LogP contribution in [0.5, 0.6) is 5.75 Å². The van der Waals surface area contributed by atoms with Crippen molar-refractivity contribution in [2.75, 3.05) is 43.1 Å². The van der Waals surface area contributed by atoms with Crippen molar-refractivity contribution in [3.8, 4) is 5.75 Å². The van der Waals surface area contributed by atoms with Gasteiger partial charge in [-0.15, -0.1) is 0 Å². The Balaban J connectivity index is 1.66. The molecule has 33 heavy (non-hydrogen) atoms. The van der Waals surface area contributed by atoms with Crippen molar-refractivity contribution in [3.05, 3.63) is 52.4 Å². The maximum atomic E-state index is 13.4. The molecule has 0 unspecified atom stereocenters. The molecule has 4 rings (SSSR count). The van der Waals surface area contributed by atoms with E-state index in [1.54, 1.807) is 23.8 Å². The number of benzene rings is 2. The van der Waals surface area contributed by atoms with E-state index in [0.29, 0.717) is 6.54 Å². The molecule has 0 saturated carbocycles. The second-order valence-electron chi connectivity index (χ2n) is 7.55. The smallest absolute Gasteiger partial charge is 0.269 e. The van der Waals surface area contributed by atoms with Crippen molar-refractivity contribution in [2.45, 2.75) is 32.6 Å². The van der Waals surface area contributed by atoms with E-state index in [-0.39, 0.29) is 5.91 Å². The van der Waals surface area contributed by atoms with Crippen LogP contribution in [0.1, 0.15) is 27.7 Å². The number of fused-ring (bicyclic) bond motifs is 1. The lowest BCUT2D eigenvalue weighted by molar-refractivity contribution is -0.122. The zero-order valence-electron chi connectivity index (χ0n) is 19.8. The number of hydrogen-bond donors (Lipinski definition) is 0. The third kappa shape index (κ3) is 4.46. The third-order valence-electron chi connectivity index (χ3n) is 5.80. The monoisotopic (exact) mass is 482 g/mol. The average Bonchev–Trinajstić information content (AvgIpc) is 3.36. The fraction of sp³-hybridized carbons (Fsp3) is 0.360. The van der Waals surface area contributed by atoms with Crippen molar-refractivity contribution in [1.82, 2.24) is 4.90 Å². The summed E-state index contributed by atoms with van der Waals surface area (Å²) in [5.74, 6) is 0.830. The lowest BCUT2D eigenvalue weighted by Gasteiger charge is -2.20. The summed E-state index contributed by atoms with van der Waals surface area (Å²) < 4.78 is 5.41. The van der Waals surface area contributed by atoms with E-state index in [2.05, 4.69) is 48.8 Å². The normalized spacial score (nSPS) is 18.9. The van der Waals surface area contributed by atoms with Crippen LogP contribution >= 0.6 is 23.5 Å². The predicted octanol–water partition coefficient (Wildman–Crippen LogP) is 5.93. The lowest BCUT2D eigenvalue weighted by atomic mass is 10.2. The quantitative estimate of drug-likeness (QED) is 0.456. The highest BCUT2D eigenvalue weighted by Crippen LogP contribution is 2.51. The molecule has 0 aliphatic carbocycles. The molecule has 2 aromatic carbocycles. The van der Waals surface area contributed by atoms with Crippen LogP contribution < -0.4 is 14.5 Å². The van der Waals surface area contributed by atoms with Gasteiger partial charge in [0.1, 0.15) is 15.7 Å². The summed E-state index contributed by atoms with van der Waals surface area (Å²) in [6.07, 6.45) is 0. The predicted molar refractivity (Wildman–Crippen MR) is 141 cm³/mol. The molecular formula is C25H30N4O2S2. The number of carbonyl (C=O) groups is 1. The van der Waals surface area contributed by atoms with Crippen LogP contribution in [0.2, 0.25) is 0 Å². The van der Waals surface area contributed by atoms with Gasteiger partial charge in [0.2, 0.25) is 0 Å². The number of hydrogen-bond acceptors (Lipinski definition) is 7. The van der Waals surface area contributed by atoms with Crippen molar-refractivity contribution < 1.29 is 9.53 Å². The van der Waals surface area contributed by atoms with Gasteiger partial charge in [0, 0.05) is 42.8 Å². The number of thioether (sulfide) groups is 2. The van der Waals surface area contributed by atoms with Crippen LogP contribution in [-0.2, 0) is 4.79 Å². The molecule has 2 aromatic rings.